The molecule has 2 unspecified atom stereocenters. The van der Waals surface area contributed by atoms with Crippen molar-refractivity contribution in [3.8, 4) is 0 Å². The largest absolute Gasteiger partial charge is 0.373 e. The molecule has 6 heteroatoms. The van der Waals surface area contributed by atoms with Crippen molar-refractivity contribution in [1.29, 1.82) is 0 Å². The summed E-state index contributed by atoms with van der Waals surface area (Å²) < 4.78 is 10.2. The van der Waals surface area contributed by atoms with Crippen LogP contribution in [0.15, 0.2) is 0 Å². The summed E-state index contributed by atoms with van der Waals surface area (Å²) in [6, 6.07) is 0.362. The molecule has 2 atom stereocenters. The highest BCUT2D eigenvalue weighted by Gasteiger charge is 2.29. The topological polar surface area (TPSA) is 38.2 Å². The lowest BCUT2D eigenvalue weighted by Crippen LogP contribution is -2.49. The quantitative estimate of drug-likeness (QED) is 0.780. The molecule has 102 valence electrons. The fourth-order valence-corrected chi connectivity index (χ4v) is 3.18. The molecule has 1 fully saturated rings. The molecular weight excluding hydrogens is 314 g/mol. The minimum Gasteiger partial charge on any atom is -0.373 e. The summed E-state index contributed by atoms with van der Waals surface area (Å²) in [5.41, 5.74) is 0.0130. The Morgan fingerprint density at radius 1 is 1.50 bits per heavy atom. The second kappa shape index (κ2) is 5.43. The van der Waals surface area contributed by atoms with Gasteiger partial charge in [-0.1, -0.05) is 36.7 Å². The smallest absolute Gasteiger partial charge is 0.205 e. The van der Waals surface area contributed by atoms with Crippen LogP contribution in [0.2, 0.25) is 0 Å². The first kappa shape index (κ1) is 14.2. The van der Waals surface area contributed by atoms with Crippen molar-refractivity contribution in [3.63, 3.8) is 0 Å². The van der Waals surface area contributed by atoms with E-state index in [-0.39, 0.29) is 11.5 Å². The number of rotatable bonds is 2. The molecule has 0 bridgehead atoms. The Morgan fingerprint density at radius 3 is 2.78 bits per heavy atom. The van der Waals surface area contributed by atoms with Gasteiger partial charge in [-0.25, -0.2) is 4.98 Å². The van der Waals surface area contributed by atoms with E-state index < -0.39 is 0 Å². The average molecular weight is 334 g/mol. The van der Waals surface area contributed by atoms with E-state index in [0.717, 1.165) is 29.4 Å². The lowest BCUT2D eigenvalue weighted by Gasteiger charge is -2.37. The van der Waals surface area contributed by atoms with Gasteiger partial charge in [0.2, 0.25) is 5.13 Å². The number of halogens is 1. The molecule has 0 amide bonds. The van der Waals surface area contributed by atoms with E-state index in [2.05, 4.69) is 57.9 Å². The van der Waals surface area contributed by atoms with Crippen molar-refractivity contribution < 1.29 is 4.74 Å². The van der Waals surface area contributed by atoms with Gasteiger partial charge in [-0.3, -0.25) is 0 Å². The standard InChI is InChI=1S/C12H20BrN3OS/c1-8-7-17-9(5-13)6-16(8)11-14-10(15-18-11)12(2,3)4/h8-9H,5-7H2,1-4H3. The summed E-state index contributed by atoms with van der Waals surface area (Å²) in [4.78, 5) is 6.99. The van der Waals surface area contributed by atoms with Crippen LogP contribution in [0, 0.1) is 0 Å². The lowest BCUT2D eigenvalue weighted by molar-refractivity contribution is 0.0379. The van der Waals surface area contributed by atoms with Crippen molar-refractivity contribution in [2.24, 2.45) is 0 Å². The van der Waals surface area contributed by atoms with E-state index >= 15 is 0 Å². The van der Waals surface area contributed by atoms with Crippen LogP contribution in [0.5, 0.6) is 0 Å². The Bertz CT molecular complexity index is 404. The molecule has 0 aromatic carbocycles. The number of hydrogen-bond donors (Lipinski definition) is 0. The highest BCUT2D eigenvalue weighted by atomic mass is 79.9. The molecule has 2 rings (SSSR count). The summed E-state index contributed by atoms with van der Waals surface area (Å²) in [7, 11) is 0. The summed E-state index contributed by atoms with van der Waals surface area (Å²) in [5.74, 6) is 0.927. The molecule has 1 aromatic rings. The zero-order valence-corrected chi connectivity index (χ0v) is 13.7. The van der Waals surface area contributed by atoms with Crippen LogP contribution >= 0.6 is 27.5 Å². The van der Waals surface area contributed by atoms with Crippen molar-refractivity contribution in [3.05, 3.63) is 5.82 Å². The predicted octanol–water partition coefficient (Wildman–Crippen LogP) is 2.82. The van der Waals surface area contributed by atoms with Crippen LogP contribution in [0.4, 0.5) is 5.13 Å². The number of anilines is 1. The molecule has 2 heterocycles. The van der Waals surface area contributed by atoms with Gasteiger partial charge in [0, 0.05) is 28.8 Å². The summed E-state index contributed by atoms with van der Waals surface area (Å²) in [6.45, 7) is 10.2. The second-order valence-electron chi connectivity index (χ2n) is 5.76. The van der Waals surface area contributed by atoms with Gasteiger partial charge < -0.3 is 9.64 Å². The van der Waals surface area contributed by atoms with Crippen LogP contribution in [0.3, 0.4) is 0 Å². The normalized spacial score (nSPS) is 25.5. The van der Waals surface area contributed by atoms with Gasteiger partial charge in [-0.2, -0.15) is 4.37 Å². The van der Waals surface area contributed by atoms with Gasteiger partial charge in [-0.15, -0.1) is 0 Å². The maximum Gasteiger partial charge on any atom is 0.205 e. The molecule has 1 saturated heterocycles. The lowest BCUT2D eigenvalue weighted by atomic mass is 9.96. The molecule has 0 N–H and O–H groups in total. The van der Waals surface area contributed by atoms with Crippen LogP contribution in [0.1, 0.15) is 33.5 Å². The maximum absolute atomic E-state index is 5.73. The third kappa shape index (κ3) is 3.03. The van der Waals surface area contributed by atoms with E-state index in [1.807, 2.05) is 0 Å². The van der Waals surface area contributed by atoms with Crippen molar-refractivity contribution in [2.45, 2.75) is 45.3 Å². The Hall–Kier alpha value is -0.200. The molecule has 1 aliphatic heterocycles. The monoisotopic (exact) mass is 333 g/mol. The number of aromatic nitrogens is 2. The second-order valence-corrected chi connectivity index (χ2v) is 7.14. The highest BCUT2D eigenvalue weighted by Crippen LogP contribution is 2.28. The Morgan fingerprint density at radius 2 is 2.22 bits per heavy atom. The molecule has 0 spiro atoms. The van der Waals surface area contributed by atoms with Crippen molar-refractivity contribution in [2.75, 3.05) is 23.4 Å². The average Bonchev–Trinajstić information content (AvgIpc) is 2.78. The first-order chi connectivity index (χ1) is 8.41. The van der Waals surface area contributed by atoms with Gasteiger partial charge in [0.05, 0.1) is 18.8 Å². The molecule has 4 nitrogen and oxygen atoms in total. The van der Waals surface area contributed by atoms with E-state index in [1.54, 1.807) is 0 Å². The Labute approximate surface area is 121 Å². The van der Waals surface area contributed by atoms with E-state index in [9.17, 15) is 0 Å². The highest BCUT2D eigenvalue weighted by molar-refractivity contribution is 9.09. The van der Waals surface area contributed by atoms with Crippen molar-refractivity contribution >= 4 is 32.6 Å². The van der Waals surface area contributed by atoms with Crippen LogP contribution in [0.25, 0.3) is 0 Å². The number of ether oxygens (including phenoxy) is 1. The molecule has 18 heavy (non-hydrogen) atoms. The minimum atomic E-state index is 0.0130. The predicted molar refractivity (Wildman–Crippen MR) is 79.0 cm³/mol. The molecule has 0 aliphatic carbocycles. The molecule has 0 saturated carbocycles. The first-order valence-electron chi connectivity index (χ1n) is 6.20. The Balaban J connectivity index is 2.17. The number of alkyl halides is 1. The van der Waals surface area contributed by atoms with Crippen molar-refractivity contribution in [1.82, 2.24) is 9.36 Å². The molecule has 0 radical (unpaired) electrons. The maximum atomic E-state index is 5.73. The van der Waals surface area contributed by atoms with E-state index in [4.69, 9.17) is 4.74 Å². The Kier molecular flexibility index (Phi) is 4.29. The summed E-state index contributed by atoms with van der Waals surface area (Å²) in [5, 5.41) is 1.88. The van der Waals surface area contributed by atoms with Gasteiger partial charge >= 0.3 is 0 Å². The van der Waals surface area contributed by atoms with Gasteiger partial charge in [-0.05, 0) is 6.92 Å². The summed E-state index contributed by atoms with van der Waals surface area (Å²) >= 11 is 4.98. The third-order valence-electron chi connectivity index (χ3n) is 3.01. The fraction of sp³-hybridized carbons (Fsp3) is 0.833. The van der Waals surface area contributed by atoms with Gasteiger partial charge in [0.25, 0.3) is 0 Å². The molecular formula is C12H20BrN3OS. The third-order valence-corrected chi connectivity index (χ3v) is 4.48. The number of morpholine rings is 1. The number of hydrogen-bond acceptors (Lipinski definition) is 5. The number of nitrogens with zero attached hydrogens (tertiary/aromatic N) is 3. The first-order valence-corrected chi connectivity index (χ1v) is 8.09. The van der Waals surface area contributed by atoms with Crippen LogP contribution in [-0.2, 0) is 10.2 Å². The van der Waals surface area contributed by atoms with E-state index in [1.165, 1.54) is 11.5 Å². The minimum absolute atomic E-state index is 0.0130. The van der Waals surface area contributed by atoms with E-state index in [0.29, 0.717) is 6.04 Å². The molecule has 1 aliphatic rings. The summed E-state index contributed by atoms with van der Waals surface area (Å²) in [6.07, 6.45) is 0.239. The van der Waals surface area contributed by atoms with Crippen LogP contribution < -0.4 is 4.90 Å². The van der Waals surface area contributed by atoms with Crippen LogP contribution in [-0.4, -0.2) is 40.0 Å². The molecule has 1 aromatic heterocycles. The van der Waals surface area contributed by atoms with Gasteiger partial charge in [0.15, 0.2) is 0 Å². The SMILES string of the molecule is CC1COC(CBr)CN1c1nc(C(C)(C)C)ns1. The zero-order chi connectivity index (χ0) is 13.3. The van der Waals surface area contributed by atoms with Gasteiger partial charge in [0.1, 0.15) is 5.82 Å². The fourth-order valence-electron chi connectivity index (χ4n) is 1.81. The zero-order valence-electron chi connectivity index (χ0n) is 11.3.